The van der Waals surface area contributed by atoms with Crippen LogP contribution in [0.25, 0.3) is 0 Å². The number of carbonyl (C=O) groups excluding carboxylic acids is 2. The average molecular weight is 348 g/mol. The standard InChI is InChI=1S/C21H32O4/c1-5-7-8-9-10-14-18(21(23)24-16(3)4)17-13-11-12-15-19(17)25-20(22)6-2/h11-13,15-16,18H,5-10,14H2,1-4H3. The van der Waals surface area contributed by atoms with E-state index in [9.17, 15) is 9.59 Å². The Morgan fingerprint density at radius 2 is 1.68 bits per heavy atom. The van der Waals surface area contributed by atoms with Crippen molar-refractivity contribution in [2.75, 3.05) is 0 Å². The fourth-order valence-corrected chi connectivity index (χ4v) is 2.72. The van der Waals surface area contributed by atoms with E-state index in [0.29, 0.717) is 18.6 Å². The molecule has 0 amide bonds. The predicted octanol–water partition coefficient (Wildman–Crippen LogP) is 5.40. The topological polar surface area (TPSA) is 52.6 Å². The molecule has 0 aromatic heterocycles. The summed E-state index contributed by atoms with van der Waals surface area (Å²) in [6.45, 7) is 7.63. The van der Waals surface area contributed by atoms with Gasteiger partial charge in [-0.3, -0.25) is 9.59 Å². The van der Waals surface area contributed by atoms with Crippen molar-refractivity contribution in [3.8, 4) is 5.75 Å². The highest BCUT2D eigenvalue weighted by atomic mass is 16.5. The summed E-state index contributed by atoms with van der Waals surface area (Å²) >= 11 is 0. The van der Waals surface area contributed by atoms with Crippen molar-refractivity contribution >= 4 is 11.9 Å². The van der Waals surface area contributed by atoms with Gasteiger partial charge in [-0.1, -0.05) is 64.2 Å². The van der Waals surface area contributed by atoms with Gasteiger partial charge in [0.05, 0.1) is 12.0 Å². The summed E-state index contributed by atoms with van der Waals surface area (Å²) in [5.41, 5.74) is 0.741. The summed E-state index contributed by atoms with van der Waals surface area (Å²) in [5, 5.41) is 0. The minimum Gasteiger partial charge on any atom is -0.463 e. The van der Waals surface area contributed by atoms with Gasteiger partial charge in [-0.25, -0.2) is 0 Å². The van der Waals surface area contributed by atoms with Gasteiger partial charge in [0.1, 0.15) is 5.75 Å². The van der Waals surface area contributed by atoms with Gasteiger partial charge in [0.2, 0.25) is 0 Å². The lowest BCUT2D eigenvalue weighted by Gasteiger charge is -2.20. The molecule has 0 N–H and O–H groups in total. The van der Waals surface area contributed by atoms with Crippen molar-refractivity contribution in [3.63, 3.8) is 0 Å². The van der Waals surface area contributed by atoms with Crippen molar-refractivity contribution < 1.29 is 19.1 Å². The van der Waals surface area contributed by atoms with Gasteiger partial charge in [-0.15, -0.1) is 0 Å². The van der Waals surface area contributed by atoms with Crippen LogP contribution in [0.15, 0.2) is 24.3 Å². The zero-order valence-electron chi connectivity index (χ0n) is 16.0. The van der Waals surface area contributed by atoms with Crippen LogP contribution < -0.4 is 4.74 Å². The Morgan fingerprint density at radius 1 is 1.00 bits per heavy atom. The van der Waals surface area contributed by atoms with Gasteiger partial charge in [0.25, 0.3) is 0 Å². The first kappa shape index (κ1) is 21.2. The first-order valence-corrected chi connectivity index (χ1v) is 9.49. The Morgan fingerprint density at radius 3 is 2.32 bits per heavy atom. The monoisotopic (exact) mass is 348 g/mol. The highest BCUT2D eigenvalue weighted by Gasteiger charge is 2.26. The number of carbonyl (C=O) groups is 2. The number of para-hydroxylation sites is 1. The molecule has 0 heterocycles. The molecule has 25 heavy (non-hydrogen) atoms. The molecule has 0 saturated heterocycles. The van der Waals surface area contributed by atoms with Crippen LogP contribution in [0.4, 0.5) is 0 Å². The molecule has 1 unspecified atom stereocenters. The van der Waals surface area contributed by atoms with Crippen molar-refractivity contribution in [3.05, 3.63) is 29.8 Å². The molecule has 1 aromatic carbocycles. The summed E-state index contributed by atoms with van der Waals surface area (Å²) in [4.78, 5) is 24.3. The Balaban J connectivity index is 2.93. The molecule has 1 atom stereocenters. The Labute approximate surface area is 151 Å². The van der Waals surface area contributed by atoms with E-state index in [1.54, 1.807) is 13.0 Å². The van der Waals surface area contributed by atoms with Crippen LogP contribution in [0, 0.1) is 0 Å². The van der Waals surface area contributed by atoms with E-state index in [-0.39, 0.29) is 18.0 Å². The van der Waals surface area contributed by atoms with E-state index in [1.165, 1.54) is 19.3 Å². The second kappa shape index (κ2) is 11.7. The zero-order valence-corrected chi connectivity index (χ0v) is 16.0. The molecule has 4 nitrogen and oxygen atoms in total. The first-order chi connectivity index (χ1) is 12.0. The summed E-state index contributed by atoms with van der Waals surface area (Å²) in [5.74, 6) is -0.477. The normalized spacial score (nSPS) is 12.0. The molecule has 0 bridgehead atoms. The molecule has 1 rings (SSSR count). The van der Waals surface area contributed by atoms with E-state index in [4.69, 9.17) is 9.47 Å². The van der Waals surface area contributed by atoms with Gasteiger partial charge in [0.15, 0.2) is 0 Å². The zero-order chi connectivity index (χ0) is 18.7. The molecule has 0 aliphatic carbocycles. The van der Waals surface area contributed by atoms with Crippen molar-refractivity contribution in [2.45, 2.75) is 84.7 Å². The molecule has 0 aliphatic rings. The Hall–Kier alpha value is -1.84. The van der Waals surface area contributed by atoms with Crippen LogP contribution in [-0.2, 0) is 14.3 Å². The van der Waals surface area contributed by atoms with Gasteiger partial charge in [-0.05, 0) is 26.3 Å². The highest BCUT2D eigenvalue weighted by Crippen LogP contribution is 2.32. The van der Waals surface area contributed by atoms with E-state index in [0.717, 1.165) is 18.4 Å². The summed E-state index contributed by atoms with van der Waals surface area (Å²) in [6.07, 6.45) is 6.46. The molecule has 0 radical (unpaired) electrons. The lowest BCUT2D eigenvalue weighted by Crippen LogP contribution is -2.21. The van der Waals surface area contributed by atoms with Crippen LogP contribution in [0.1, 0.15) is 84.1 Å². The van der Waals surface area contributed by atoms with Gasteiger partial charge >= 0.3 is 11.9 Å². The third-order valence-electron chi connectivity index (χ3n) is 4.04. The van der Waals surface area contributed by atoms with E-state index in [2.05, 4.69) is 6.92 Å². The molecule has 0 aliphatic heterocycles. The molecule has 0 spiro atoms. The maximum Gasteiger partial charge on any atom is 0.313 e. The van der Waals surface area contributed by atoms with E-state index in [1.807, 2.05) is 32.0 Å². The smallest absolute Gasteiger partial charge is 0.313 e. The van der Waals surface area contributed by atoms with Crippen LogP contribution in [0.3, 0.4) is 0 Å². The van der Waals surface area contributed by atoms with Crippen molar-refractivity contribution in [2.24, 2.45) is 0 Å². The lowest BCUT2D eigenvalue weighted by atomic mass is 9.92. The third kappa shape index (κ3) is 7.72. The number of unbranched alkanes of at least 4 members (excludes halogenated alkanes) is 4. The molecule has 4 heteroatoms. The molecular weight excluding hydrogens is 316 g/mol. The fourth-order valence-electron chi connectivity index (χ4n) is 2.72. The number of benzene rings is 1. The number of ether oxygens (including phenoxy) is 2. The number of hydrogen-bond donors (Lipinski definition) is 0. The van der Waals surface area contributed by atoms with Gasteiger partial charge in [0, 0.05) is 12.0 Å². The summed E-state index contributed by atoms with van der Waals surface area (Å²) in [6, 6.07) is 7.28. The largest absolute Gasteiger partial charge is 0.463 e. The maximum absolute atomic E-state index is 12.6. The van der Waals surface area contributed by atoms with Crippen molar-refractivity contribution in [1.82, 2.24) is 0 Å². The number of rotatable bonds is 11. The predicted molar refractivity (Wildman–Crippen MR) is 99.7 cm³/mol. The van der Waals surface area contributed by atoms with Crippen molar-refractivity contribution in [1.29, 1.82) is 0 Å². The van der Waals surface area contributed by atoms with Crippen LogP contribution in [-0.4, -0.2) is 18.0 Å². The van der Waals surface area contributed by atoms with Crippen LogP contribution in [0.2, 0.25) is 0 Å². The Bertz CT molecular complexity index is 536. The molecule has 0 fully saturated rings. The molecule has 0 saturated carbocycles. The lowest BCUT2D eigenvalue weighted by molar-refractivity contribution is -0.149. The molecule has 140 valence electrons. The second-order valence-electron chi connectivity index (χ2n) is 6.61. The fraction of sp³-hybridized carbons (Fsp3) is 0.619. The average Bonchev–Trinajstić information content (AvgIpc) is 2.58. The van der Waals surface area contributed by atoms with Crippen LogP contribution in [0.5, 0.6) is 5.75 Å². The summed E-state index contributed by atoms with van der Waals surface area (Å²) < 4.78 is 10.9. The van der Waals surface area contributed by atoms with E-state index >= 15 is 0 Å². The SMILES string of the molecule is CCCCCCCC(C(=O)OC(C)C)c1ccccc1OC(=O)CC. The highest BCUT2D eigenvalue weighted by molar-refractivity contribution is 5.80. The maximum atomic E-state index is 12.6. The molecular formula is C21H32O4. The Kier molecular flexibility index (Phi) is 9.90. The third-order valence-corrected chi connectivity index (χ3v) is 4.04. The quantitative estimate of drug-likeness (QED) is 0.305. The van der Waals surface area contributed by atoms with Gasteiger partial charge in [-0.2, -0.15) is 0 Å². The van der Waals surface area contributed by atoms with Crippen LogP contribution >= 0.6 is 0 Å². The van der Waals surface area contributed by atoms with Gasteiger partial charge < -0.3 is 9.47 Å². The number of hydrogen-bond acceptors (Lipinski definition) is 4. The number of esters is 2. The second-order valence-corrected chi connectivity index (χ2v) is 6.61. The minimum atomic E-state index is -0.398. The van der Waals surface area contributed by atoms with E-state index < -0.39 is 5.92 Å². The summed E-state index contributed by atoms with van der Waals surface area (Å²) in [7, 11) is 0. The minimum absolute atomic E-state index is 0.166. The molecule has 1 aromatic rings. The first-order valence-electron chi connectivity index (χ1n) is 9.49.